The molecule has 6 heteroatoms. The molecular weight excluding hydrogens is 345 g/mol. The van der Waals surface area contributed by atoms with Crippen molar-refractivity contribution in [3.8, 4) is 11.3 Å². The van der Waals surface area contributed by atoms with Crippen molar-refractivity contribution < 1.29 is 14.0 Å². The Labute approximate surface area is 158 Å². The van der Waals surface area contributed by atoms with Crippen LogP contribution in [0.5, 0.6) is 0 Å². The molecular formula is C21H24FN3O2. The van der Waals surface area contributed by atoms with Crippen molar-refractivity contribution in [2.24, 2.45) is 0 Å². The Balaban J connectivity index is 1.87. The molecule has 0 saturated heterocycles. The Hall–Kier alpha value is -2.76. The van der Waals surface area contributed by atoms with E-state index in [9.17, 15) is 14.0 Å². The largest absolute Gasteiger partial charge is 0.349 e. The predicted molar refractivity (Wildman–Crippen MR) is 102 cm³/mol. The molecule has 27 heavy (non-hydrogen) atoms. The zero-order chi connectivity index (χ0) is 19.8. The van der Waals surface area contributed by atoms with Crippen LogP contribution in [-0.4, -0.2) is 28.4 Å². The predicted octanol–water partition coefficient (Wildman–Crippen LogP) is 3.62. The summed E-state index contributed by atoms with van der Waals surface area (Å²) in [5.74, 6) is -0.953. The highest BCUT2D eigenvalue weighted by molar-refractivity contribution is 5.96. The quantitative estimate of drug-likeness (QED) is 0.865. The highest BCUT2D eigenvalue weighted by Gasteiger charge is 2.25. The van der Waals surface area contributed by atoms with Crippen LogP contribution in [0.15, 0.2) is 30.5 Å². The minimum atomic E-state index is -0.454. The van der Waals surface area contributed by atoms with Crippen LogP contribution in [0, 0.1) is 12.7 Å². The third-order valence-corrected chi connectivity index (χ3v) is 4.31. The maximum Gasteiger partial charge on any atom is 0.253 e. The van der Waals surface area contributed by atoms with Gasteiger partial charge in [0.25, 0.3) is 11.8 Å². The highest BCUT2D eigenvalue weighted by Crippen LogP contribution is 2.26. The summed E-state index contributed by atoms with van der Waals surface area (Å²) < 4.78 is 14.4. The van der Waals surface area contributed by atoms with Gasteiger partial charge in [0.05, 0.1) is 11.3 Å². The molecule has 0 spiro atoms. The molecule has 2 amide bonds. The average Bonchev–Trinajstić information content (AvgIpc) is 3.39. The molecule has 1 saturated carbocycles. The molecule has 0 bridgehead atoms. The second-order valence-corrected chi connectivity index (χ2v) is 8.01. The van der Waals surface area contributed by atoms with Crippen molar-refractivity contribution in [3.05, 3.63) is 53.0 Å². The van der Waals surface area contributed by atoms with Gasteiger partial charge in [0.1, 0.15) is 5.82 Å². The molecule has 0 atom stereocenters. The molecule has 2 aromatic rings. The van der Waals surface area contributed by atoms with Crippen LogP contribution in [0.2, 0.25) is 0 Å². The van der Waals surface area contributed by atoms with E-state index >= 15 is 0 Å². The first-order chi connectivity index (χ1) is 12.6. The summed E-state index contributed by atoms with van der Waals surface area (Å²) in [6, 6.07) is 6.42. The van der Waals surface area contributed by atoms with Crippen LogP contribution in [0.4, 0.5) is 4.39 Å². The minimum Gasteiger partial charge on any atom is -0.349 e. The number of hydrogen-bond acceptors (Lipinski definition) is 3. The number of amides is 2. The van der Waals surface area contributed by atoms with E-state index in [1.165, 1.54) is 12.3 Å². The molecule has 5 nitrogen and oxygen atoms in total. The van der Waals surface area contributed by atoms with Crippen molar-refractivity contribution in [2.75, 3.05) is 0 Å². The number of aromatic nitrogens is 1. The third-order valence-electron chi connectivity index (χ3n) is 4.31. The van der Waals surface area contributed by atoms with Crippen molar-refractivity contribution in [2.45, 2.75) is 52.1 Å². The maximum absolute atomic E-state index is 14.4. The van der Waals surface area contributed by atoms with E-state index < -0.39 is 5.82 Å². The van der Waals surface area contributed by atoms with E-state index in [0.29, 0.717) is 22.4 Å². The van der Waals surface area contributed by atoms with Crippen molar-refractivity contribution in [3.63, 3.8) is 0 Å². The molecule has 1 heterocycles. The lowest BCUT2D eigenvalue weighted by Gasteiger charge is -2.20. The molecule has 0 unspecified atom stereocenters. The molecule has 3 rings (SSSR count). The number of carbonyl (C=O) groups is 2. The molecule has 1 aromatic heterocycles. The van der Waals surface area contributed by atoms with Crippen LogP contribution in [0.1, 0.15) is 59.9 Å². The van der Waals surface area contributed by atoms with Gasteiger partial charge in [0.2, 0.25) is 0 Å². The number of nitrogens with zero attached hydrogens (tertiary/aromatic N) is 1. The molecule has 1 aliphatic rings. The van der Waals surface area contributed by atoms with E-state index in [2.05, 4.69) is 15.6 Å². The van der Waals surface area contributed by atoms with E-state index in [1.54, 1.807) is 25.1 Å². The SMILES string of the molecule is Cc1c(F)cc(C(=O)NC2CC2)cc1-c1ccc(C(=O)NC(C)(C)C)cn1. The summed E-state index contributed by atoms with van der Waals surface area (Å²) >= 11 is 0. The highest BCUT2D eigenvalue weighted by atomic mass is 19.1. The number of benzene rings is 1. The summed E-state index contributed by atoms with van der Waals surface area (Å²) in [6.45, 7) is 7.35. The summed E-state index contributed by atoms with van der Waals surface area (Å²) in [4.78, 5) is 28.8. The van der Waals surface area contributed by atoms with Crippen molar-refractivity contribution in [1.82, 2.24) is 15.6 Å². The maximum atomic E-state index is 14.4. The minimum absolute atomic E-state index is 0.198. The number of rotatable bonds is 4. The summed E-state index contributed by atoms with van der Waals surface area (Å²) in [7, 11) is 0. The number of pyridine rings is 1. The molecule has 1 fully saturated rings. The smallest absolute Gasteiger partial charge is 0.253 e. The van der Waals surface area contributed by atoms with Gasteiger partial charge < -0.3 is 10.6 Å². The van der Waals surface area contributed by atoms with Crippen molar-refractivity contribution in [1.29, 1.82) is 0 Å². The number of carbonyl (C=O) groups excluding carboxylic acids is 2. The lowest BCUT2D eigenvalue weighted by molar-refractivity contribution is 0.0917. The molecule has 0 aliphatic heterocycles. The van der Waals surface area contributed by atoms with Gasteiger partial charge in [-0.1, -0.05) is 0 Å². The van der Waals surface area contributed by atoms with Gasteiger partial charge in [-0.25, -0.2) is 4.39 Å². The Kier molecular flexibility index (Phi) is 5.00. The molecule has 1 aliphatic carbocycles. The lowest BCUT2D eigenvalue weighted by atomic mass is 10.00. The fraction of sp³-hybridized carbons (Fsp3) is 0.381. The van der Waals surface area contributed by atoms with Crippen LogP contribution in [0.25, 0.3) is 11.3 Å². The van der Waals surface area contributed by atoms with E-state index in [0.717, 1.165) is 12.8 Å². The molecule has 0 radical (unpaired) electrons. The Morgan fingerprint density at radius 2 is 1.81 bits per heavy atom. The van der Waals surface area contributed by atoms with Gasteiger partial charge in [0, 0.05) is 28.9 Å². The summed E-state index contributed by atoms with van der Waals surface area (Å²) in [5, 5.41) is 5.73. The summed E-state index contributed by atoms with van der Waals surface area (Å²) in [6.07, 6.45) is 3.39. The standard InChI is InChI=1S/C21H24FN3O2/c1-12-16(9-14(10-17(12)22)19(26)24-15-6-7-15)18-8-5-13(11-23-18)20(27)25-21(2,3)4/h5,8-11,15H,6-7H2,1-4H3,(H,24,26)(H,25,27). The van der Waals surface area contributed by atoms with E-state index in [1.807, 2.05) is 20.8 Å². The second-order valence-electron chi connectivity index (χ2n) is 8.01. The fourth-order valence-corrected chi connectivity index (χ4v) is 2.67. The Morgan fingerprint density at radius 1 is 1.11 bits per heavy atom. The zero-order valence-corrected chi connectivity index (χ0v) is 16.0. The van der Waals surface area contributed by atoms with E-state index in [-0.39, 0.29) is 29.0 Å². The van der Waals surface area contributed by atoms with E-state index in [4.69, 9.17) is 0 Å². The monoisotopic (exact) mass is 369 g/mol. The van der Waals surface area contributed by atoms with Gasteiger partial charge in [-0.3, -0.25) is 14.6 Å². The van der Waals surface area contributed by atoms with Crippen LogP contribution < -0.4 is 10.6 Å². The lowest BCUT2D eigenvalue weighted by Crippen LogP contribution is -2.40. The number of hydrogen-bond donors (Lipinski definition) is 2. The third kappa shape index (κ3) is 4.70. The number of halogens is 1. The van der Waals surface area contributed by atoms with Gasteiger partial charge >= 0.3 is 0 Å². The first kappa shape index (κ1) is 19.0. The summed E-state index contributed by atoms with van der Waals surface area (Å²) in [5.41, 5.74) is 1.82. The zero-order valence-electron chi connectivity index (χ0n) is 16.0. The van der Waals surface area contributed by atoms with Crippen LogP contribution >= 0.6 is 0 Å². The molecule has 2 N–H and O–H groups in total. The van der Waals surface area contributed by atoms with Gasteiger partial charge in [0.15, 0.2) is 0 Å². The topological polar surface area (TPSA) is 71.1 Å². The average molecular weight is 369 g/mol. The van der Waals surface area contributed by atoms with Crippen LogP contribution in [-0.2, 0) is 0 Å². The first-order valence-corrected chi connectivity index (χ1v) is 9.04. The van der Waals surface area contributed by atoms with Gasteiger partial charge in [-0.2, -0.15) is 0 Å². The molecule has 142 valence electrons. The molecule has 1 aromatic carbocycles. The number of nitrogens with one attached hydrogen (secondary N) is 2. The first-order valence-electron chi connectivity index (χ1n) is 9.04. The fourth-order valence-electron chi connectivity index (χ4n) is 2.67. The Bertz CT molecular complexity index is 882. The second kappa shape index (κ2) is 7.10. The van der Waals surface area contributed by atoms with Gasteiger partial charge in [-0.05, 0) is 70.4 Å². The van der Waals surface area contributed by atoms with Crippen LogP contribution in [0.3, 0.4) is 0 Å². The Morgan fingerprint density at radius 3 is 2.37 bits per heavy atom. The van der Waals surface area contributed by atoms with Gasteiger partial charge in [-0.15, -0.1) is 0 Å². The normalized spacial score (nSPS) is 14.0. The van der Waals surface area contributed by atoms with Crippen molar-refractivity contribution >= 4 is 11.8 Å².